The van der Waals surface area contributed by atoms with Crippen molar-refractivity contribution < 1.29 is 4.79 Å². The van der Waals surface area contributed by atoms with Gasteiger partial charge in [0.25, 0.3) is 5.56 Å². The number of piperidine rings is 1. The van der Waals surface area contributed by atoms with E-state index in [2.05, 4.69) is 4.90 Å². The number of ketones is 1. The van der Waals surface area contributed by atoms with Gasteiger partial charge in [-0.1, -0.05) is 35.9 Å². The zero-order valence-electron chi connectivity index (χ0n) is 19.8. The number of carbonyl (C=O) groups excluding carboxylic acids is 1. The molecule has 1 fully saturated rings. The Hall–Kier alpha value is -3.46. The third kappa shape index (κ3) is 3.51. The first-order chi connectivity index (χ1) is 16.3. The highest BCUT2D eigenvalue weighted by molar-refractivity contribution is 6.03. The number of fused-ring (bicyclic) bond motifs is 2. The van der Waals surface area contributed by atoms with E-state index in [0.717, 1.165) is 35.1 Å². The molecule has 2 aliphatic rings. The van der Waals surface area contributed by atoms with E-state index in [-0.39, 0.29) is 11.8 Å². The molecule has 9 nitrogen and oxygen atoms in total. The van der Waals surface area contributed by atoms with E-state index < -0.39 is 17.3 Å². The molecule has 34 heavy (non-hydrogen) atoms. The minimum Gasteiger partial charge on any atom is -0.341 e. The van der Waals surface area contributed by atoms with Crippen LogP contribution >= 0.6 is 0 Å². The van der Waals surface area contributed by atoms with E-state index >= 15 is 0 Å². The first kappa shape index (κ1) is 22.3. The smallest absolute Gasteiger partial charge is 0.333 e. The number of imidazole rings is 1. The number of Topliss-reactive ketones (excluding diaryl/α,β-unsaturated/α-hetero) is 1. The predicted octanol–water partition coefficient (Wildman–Crippen LogP) is 1.77. The minimum atomic E-state index is -0.855. The van der Waals surface area contributed by atoms with Crippen LogP contribution in [0.5, 0.6) is 0 Å². The second kappa shape index (κ2) is 8.39. The van der Waals surface area contributed by atoms with Gasteiger partial charge in [0.2, 0.25) is 5.95 Å². The highest BCUT2D eigenvalue weighted by atomic mass is 16.2. The van der Waals surface area contributed by atoms with Crippen molar-refractivity contribution in [3.05, 3.63) is 67.9 Å². The molecule has 1 aliphatic heterocycles. The van der Waals surface area contributed by atoms with E-state index in [4.69, 9.17) is 10.7 Å². The highest BCUT2D eigenvalue weighted by Gasteiger charge is 2.35. The maximum atomic E-state index is 13.9. The molecule has 0 bridgehead atoms. The van der Waals surface area contributed by atoms with E-state index in [1.165, 1.54) is 4.57 Å². The van der Waals surface area contributed by atoms with Crippen molar-refractivity contribution in [2.75, 3.05) is 18.0 Å². The van der Waals surface area contributed by atoms with Gasteiger partial charge in [0.1, 0.15) is 6.04 Å². The van der Waals surface area contributed by atoms with Gasteiger partial charge in [-0.05, 0) is 32.3 Å². The lowest BCUT2D eigenvalue weighted by Gasteiger charge is -2.31. The van der Waals surface area contributed by atoms with Gasteiger partial charge >= 0.3 is 5.69 Å². The monoisotopic (exact) mass is 462 g/mol. The van der Waals surface area contributed by atoms with Gasteiger partial charge in [0.15, 0.2) is 16.9 Å². The summed E-state index contributed by atoms with van der Waals surface area (Å²) in [6, 6.07) is 6.46. The van der Waals surface area contributed by atoms with Crippen molar-refractivity contribution in [2.24, 2.45) is 12.8 Å². The third-order valence-corrected chi connectivity index (χ3v) is 6.89. The highest BCUT2D eigenvalue weighted by Crippen LogP contribution is 2.29. The molecule has 1 saturated heterocycles. The molecule has 0 saturated carbocycles. The van der Waals surface area contributed by atoms with Crippen LogP contribution in [-0.2, 0) is 20.0 Å². The van der Waals surface area contributed by atoms with Crippen LogP contribution in [-0.4, -0.2) is 43.6 Å². The van der Waals surface area contributed by atoms with Crippen LogP contribution in [0.3, 0.4) is 0 Å². The number of anilines is 1. The Kier molecular flexibility index (Phi) is 5.51. The Labute approximate surface area is 197 Å². The molecule has 0 amide bonds. The van der Waals surface area contributed by atoms with Gasteiger partial charge in [-0.3, -0.25) is 14.2 Å². The molecule has 2 unspecified atom stereocenters. The second-order valence-electron chi connectivity index (χ2n) is 9.58. The average molecular weight is 463 g/mol. The van der Waals surface area contributed by atoms with Gasteiger partial charge in [0, 0.05) is 44.7 Å². The minimum absolute atomic E-state index is 0.0283. The van der Waals surface area contributed by atoms with Crippen LogP contribution in [0.25, 0.3) is 11.2 Å². The Morgan fingerprint density at radius 1 is 1.21 bits per heavy atom. The molecule has 5 rings (SSSR count). The summed E-state index contributed by atoms with van der Waals surface area (Å²) >= 11 is 0. The fraction of sp³-hybridized carbons (Fsp3) is 0.440. The number of hydrogen-bond donors (Lipinski definition) is 1. The molecule has 9 heteroatoms. The molecule has 3 aromatic rings. The number of nitrogens with zero attached hydrogens (tertiary/aromatic N) is 5. The number of aryl methyl sites for hydroxylation is 1. The summed E-state index contributed by atoms with van der Waals surface area (Å²) in [5.41, 5.74) is 8.41. The topological polar surface area (TPSA) is 108 Å². The van der Waals surface area contributed by atoms with E-state index in [9.17, 15) is 14.4 Å². The molecule has 2 atom stereocenters. The van der Waals surface area contributed by atoms with Crippen molar-refractivity contribution in [3.63, 3.8) is 0 Å². The number of rotatable bonds is 4. The Morgan fingerprint density at radius 2 is 1.97 bits per heavy atom. The molecular formula is C25H30N6O3. The maximum absolute atomic E-state index is 13.9. The first-order valence-corrected chi connectivity index (χ1v) is 11.8. The summed E-state index contributed by atoms with van der Waals surface area (Å²) in [5, 5.41) is 0. The Bertz CT molecular complexity index is 1440. The van der Waals surface area contributed by atoms with E-state index in [1.807, 2.05) is 36.6 Å². The van der Waals surface area contributed by atoms with Crippen LogP contribution in [0.15, 0.2) is 45.5 Å². The SMILES string of the molecule is CC(C)=CCn1c(N2CCCC(N)C2)nc2c1c(=O)n(C1Cc3ccccc3C1=O)c(=O)n2C. The number of benzene rings is 1. The molecule has 2 N–H and O–H groups in total. The Morgan fingerprint density at radius 3 is 2.68 bits per heavy atom. The average Bonchev–Trinajstić information content (AvgIpc) is 3.35. The fourth-order valence-corrected chi connectivity index (χ4v) is 5.11. The van der Waals surface area contributed by atoms with Crippen molar-refractivity contribution in [3.8, 4) is 0 Å². The molecule has 1 aromatic carbocycles. The Balaban J connectivity index is 1.73. The van der Waals surface area contributed by atoms with Crippen LogP contribution in [0.2, 0.25) is 0 Å². The summed E-state index contributed by atoms with van der Waals surface area (Å²) < 4.78 is 4.38. The normalized spacial score (nSPS) is 20.1. The van der Waals surface area contributed by atoms with Gasteiger partial charge in [0.05, 0.1) is 0 Å². The molecule has 3 heterocycles. The van der Waals surface area contributed by atoms with Crippen LogP contribution < -0.4 is 21.9 Å². The lowest BCUT2D eigenvalue weighted by atomic mass is 10.1. The van der Waals surface area contributed by atoms with Gasteiger partial charge < -0.3 is 15.2 Å². The standard InChI is InChI=1S/C25H30N6O3/c1-15(2)10-12-30-20-22(27-24(30)29-11-6-8-17(26)14-29)28(3)25(34)31(23(20)33)19-13-16-7-4-5-9-18(16)21(19)32/h4-5,7,9-10,17,19H,6,8,11-14,26H2,1-3H3. The number of hydrogen-bond acceptors (Lipinski definition) is 6. The van der Waals surface area contributed by atoms with Crippen molar-refractivity contribution >= 4 is 22.9 Å². The molecule has 2 aromatic heterocycles. The fourth-order valence-electron chi connectivity index (χ4n) is 5.11. The second-order valence-corrected chi connectivity index (χ2v) is 9.58. The van der Waals surface area contributed by atoms with Crippen molar-refractivity contribution in [1.82, 2.24) is 18.7 Å². The van der Waals surface area contributed by atoms with Gasteiger partial charge in [-0.15, -0.1) is 0 Å². The van der Waals surface area contributed by atoms with E-state index in [1.54, 1.807) is 19.2 Å². The lowest BCUT2D eigenvalue weighted by Crippen LogP contribution is -2.44. The van der Waals surface area contributed by atoms with E-state index in [0.29, 0.717) is 42.2 Å². The van der Waals surface area contributed by atoms with Crippen molar-refractivity contribution in [1.29, 1.82) is 0 Å². The van der Waals surface area contributed by atoms with Gasteiger partial charge in [-0.25, -0.2) is 9.36 Å². The predicted molar refractivity (Wildman–Crippen MR) is 132 cm³/mol. The lowest BCUT2D eigenvalue weighted by molar-refractivity contribution is 0.0937. The molecule has 0 spiro atoms. The summed E-state index contributed by atoms with van der Waals surface area (Å²) in [6.45, 7) is 5.85. The number of allylic oxidation sites excluding steroid dienone is 2. The number of nitrogens with two attached hydrogens (primary N) is 1. The van der Waals surface area contributed by atoms with Crippen LogP contribution in [0, 0.1) is 0 Å². The number of carbonyl (C=O) groups is 1. The molecule has 0 radical (unpaired) electrons. The largest absolute Gasteiger partial charge is 0.341 e. The van der Waals surface area contributed by atoms with Gasteiger partial charge in [-0.2, -0.15) is 4.98 Å². The third-order valence-electron chi connectivity index (χ3n) is 6.89. The zero-order chi connectivity index (χ0) is 24.1. The quantitative estimate of drug-likeness (QED) is 0.592. The summed E-state index contributed by atoms with van der Waals surface area (Å²) in [5.74, 6) is 0.431. The van der Waals surface area contributed by atoms with Crippen LogP contribution in [0.4, 0.5) is 5.95 Å². The molecular weight excluding hydrogens is 432 g/mol. The summed E-state index contributed by atoms with van der Waals surface area (Å²) in [6.07, 6.45) is 4.23. The maximum Gasteiger partial charge on any atom is 0.333 e. The summed E-state index contributed by atoms with van der Waals surface area (Å²) in [4.78, 5) is 47.3. The molecule has 1 aliphatic carbocycles. The van der Waals surface area contributed by atoms with Crippen molar-refractivity contribution in [2.45, 2.75) is 51.7 Å². The first-order valence-electron chi connectivity index (χ1n) is 11.8. The molecule has 178 valence electrons. The number of aromatic nitrogens is 4. The zero-order valence-corrected chi connectivity index (χ0v) is 19.8. The summed E-state index contributed by atoms with van der Waals surface area (Å²) in [7, 11) is 1.61. The van der Waals surface area contributed by atoms with Crippen LogP contribution in [0.1, 0.15) is 48.7 Å².